The number of nitrogens with one attached hydrogen (secondary N) is 2. The van der Waals surface area contributed by atoms with Gasteiger partial charge in [0.25, 0.3) is 0 Å². The number of benzene rings is 2. The first kappa shape index (κ1) is 18.3. The Morgan fingerprint density at radius 1 is 1.19 bits per heavy atom. The van der Waals surface area contributed by atoms with Gasteiger partial charge in [0.15, 0.2) is 0 Å². The van der Waals surface area contributed by atoms with E-state index in [1.54, 1.807) is 0 Å². The predicted molar refractivity (Wildman–Crippen MR) is 108 cm³/mol. The van der Waals surface area contributed by atoms with E-state index in [2.05, 4.69) is 10.6 Å². The second-order valence-corrected chi connectivity index (χ2v) is 8.14. The van der Waals surface area contributed by atoms with Crippen LogP contribution in [0.4, 0.5) is 4.79 Å². The summed E-state index contributed by atoms with van der Waals surface area (Å²) < 4.78 is 5.72. The molecule has 27 heavy (non-hydrogen) atoms. The fourth-order valence-corrected chi connectivity index (χ4v) is 4.56. The molecule has 4 rings (SSSR count). The van der Waals surface area contributed by atoms with E-state index in [1.807, 2.05) is 49.4 Å². The minimum absolute atomic E-state index is 0.390. The van der Waals surface area contributed by atoms with Gasteiger partial charge in [0.2, 0.25) is 0 Å². The Kier molecular flexibility index (Phi) is 5.37. The maximum atomic E-state index is 12.5. The molecule has 1 amide bonds. The molecule has 2 unspecified atom stereocenters. The maximum absolute atomic E-state index is 12.5. The predicted octanol–water partition coefficient (Wildman–Crippen LogP) is 4.93. The molecule has 0 aliphatic carbocycles. The van der Waals surface area contributed by atoms with Crippen molar-refractivity contribution < 1.29 is 9.53 Å². The largest absolute Gasteiger partial charge is 0.412 e. The first-order valence-corrected chi connectivity index (χ1v) is 10.0. The highest BCUT2D eigenvalue weighted by Crippen LogP contribution is 2.34. The Labute approximate surface area is 165 Å². The molecule has 4 nitrogen and oxygen atoms in total. The number of carbonyl (C=O) groups is 1. The van der Waals surface area contributed by atoms with Gasteiger partial charge >= 0.3 is 6.09 Å². The van der Waals surface area contributed by atoms with Crippen molar-refractivity contribution in [2.75, 3.05) is 6.54 Å². The summed E-state index contributed by atoms with van der Waals surface area (Å²) in [7, 11) is 0. The molecular weight excluding hydrogens is 360 g/mol. The van der Waals surface area contributed by atoms with Crippen LogP contribution in [0.2, 0.25) is 5.02 Å². The molecule has 2 aromatic rings. The molecule has 2 bridgehead atoms. The number of rotatable bonds is 4. The fraction of sp³-hybridized carbons (Fsp3) is 0.409. The summed E-state index contributed by atoms with van der Waals surface area (Å²) in [6.07, 6.45) is 4.40. The van der Waals surface area contributed by atoms with Gasteiger partial charge in [-0.3, -0.25) is 0 Å². The van der Waals surface area contributed by atoms with E-state index < -0.39 is 6.09 Å². The maximum Gasteiger partial charge on any atom is 0.412 e. The van der Waals surface area contributed by atoms with E-state index in [9.17, 15) is 4.79 Å². The van der Waals surface area contributed by atoms with Gasteiger partial charge in [-0.15, -0.1) is 0 Å². The number of carbonyl (C=O) groups excluding carboxylic acids is 1. The molecule has 0 saturated carbocycles. The van der Waals surface area contributed by atoms with Crippen molar-refractivity contribution in [1.82, 2.24) is 10.6 Å². The molecular formula is C22H25ClN2O2. The summed E-state index contributed by atoms with van der Waals surface area (Å²) in [6, 6.07) is 14.7. The van der Waals surface area contributed by atoms with Crippen molar-refractivity contribution in [3.63, 3.8) is 0 Å². The van der Waals surface area contributed by atoms with Gasteiger partial charge in [-0.1, -0.05) is 41.9 Å². The number of hydrogen-bond acceptors (Lipinski definition) is 3. The third-order valence-electron chi connectivity index (χ3n) is 5.65. The van der Waals surface area contributed by atoms with Crippen molar-refractivity contribution in [2.45, 2.75) is 44.7 Å². The smallest absolute Gasteiger partial charge is 0.409 e. The zero-order valence-corrected chi connectivity index (χ0v) is 16.3. The van der Waals surface area contributed by atoms with Gasteiger partial charge in [-0.2, -0.15) is 0 Å². The number of piperidine rings is 1. The highest BCUT2D eigenvalue weighted by molar-refractivity contribution is 6.30. The van der Waals surface area contributed by atoms with Crippen LogP contribution in [0, 0.1) is 12.8 Å². The quantitative estimate of drug-likeness (QED) is 0.785. The molecule has 2 N–H and O–H groups in total. The van der Waals surface area contributed by atoms with Crippen LogP contribution < -0.4 is 15.4 Å². The number of aryl methyl sites for hydroxylation is 1. The Balaban J connectivity index is 1.43. The SMILES string of the molecule is Cc1cccc(-c2cccc(Cl)c2)c1OC(=O)NCC1CC2CCC(C1)N2. The van der Waals surface area contributed by atoms with E-state index in [0.29, 0.717) is 35.3 Å². The Morgan fingerprint density at radius 3 is 2.67 bits per heavy atom. The van der Waals surface area contributed by atoms with E-state index in [1.165, 1.54) is 12.8 Å². The lowest BCUT2D eigenvalue weighted by Crippen LogP contribution is -2.42. The fourth-order valence-electron chi connectivity index (χ4n) is 4.37. The molecule has 2 atom stereocenters. The average molecular weight is 385 g/mol. The molecule has 0 radical (unpaired) electrons. The lowest BCUT2D eigenvalue weighted by atomic mass is 9.92. The van der Waals surface area contributed by atoms with Gasteiger partial charge in [0.05, 0.1) is 0 Å². The molecule has 142 valence electrons. The Bertz CT molecular complexity index is 827. The molecule has 2 fully saturated rings. The molecule has 0 aromatic heterocycles. The van der Waals surface area contributed by atoms with Gasteiger partial charge < -0.3 is 15.4 Å². The van der Waals surface area contributed by atoms with Crippen LogP contribution in [-0.2, 0) is 0 Å². The van der Waals surface area contributed by atoms with Gasteiger partial charge in [0.1, 0.15) is 5.75 Å². The average Bonchev–Trinajstić information content (AvgIpc) is 3.00. The van der Waals surface area contributed by atoms with Crippen LogP contribution in [0.1, 0.15) is 31.2 Å². The van der Waals surface area contributed by atoms with E-state index in [-0.39, 0.29) is 0 Å². The lowest BCUT2D eigenvalue weighted by Gasteiger charge is -2.29. The van der Waals surface area contributed by atoms with E-state index >= 15 is 0 Å². The third kappa shape index (κ3) is 4.28. The summed E-state index contributed by atoms with van der Waals surface area (Å²) in [5.41, 5.74) is 2.72. The first-order valence-electron chi connectivity index (χ1n) is 9.66. The monoisotopic (exact) mass is 384 g/mol. The number of hydrogen-bond donors (Lipinski definition) is 2. The van der Waals surface area contributed by atoms with Crippen molar-refractivity contribution in [2.24, 2.45) is 5.92 Å². The van der Waals surface area contributed by atoms with Gasteiger partial charge in [-0.05, 0) is 61.8 Å². The summed E-state index contributed by atoms with van der Waals surface area (Å²) in [6.45, 7) is 2.62. The van der Waals surface area contributed by atoms with E-state index in [0.717, 1.165) is 29.5 Å². The van der Waals surface area contributed by atoms with Crippen LogP contribution in [0.5, 0.6) is 5.75 Å². The van der Waals surface area contributed by atoms with Crippen LogP contribution >= 0.6 is 11.6 Å². The van der Waals surface area contributed by atoms with Crippen molar-refractivity contribution in [3.05, 3.63) is 53.1 Å². The lowest BCUT2D eigenvalue weighted by molar-refractivity contribution is 0.194. The summed E-state index contributed by atoms with van der Waals surface area (Å²) >= 11 is 6.13. The standard InChI is InChI=1S/C22H25ClN2O2/c1-14-4-2-7-20(16-5-3-6-17(23)12-16)21(14)27-22(26)24-13-15-10-18-8-9-19(11-15)25-18/h2-7,12,15,18-19,25H,8-11,13H2,1H3,(H,24,26). The molecule has 2 aromatic carbocycles. The van der Waals surface area contributed by atoms with Gasteiger partial charge in [-0.25, -0.2) is 4.79 Å². The highest BCUT2D eigenvalue weighted by Gasteiger charge is 2.33. The molecule has 2 aliphatic heterocycles. The van der Waals surface area contributed by atoms with Crippen molar-refractivity contribution >= 4 is 17.7 Å². The molecule has 2 heterocycles. The third-order valence-corrected chi connectivity index (χ3v) is 5.88. The highest BCUT2D eigenvalue weighted by atomic mass is 35.5. The Hall–Kier alpha value is -2.04. The number of fused-ring (bicyclic) bond motifs is 2. The Morgan fingerprint density at radius 2 is 1.93 bits per heavy atom. The summed E-state index contributed by atoms with van der Waals surface area (Å²) in [5.74, 6) is 1.11. The normalized spacial score (nSPS) is 23.9. The van der Waals surface area contributed by atoms with Crippen molar-refractivity contribution in [3.8, 4) is 16.9 Å². The first-order chi connectivity index (χ1) is 13.1. The molecule has 5 heteroatoms. The van der Waals surface area contributed by atoms with Crippen LogP contribution in [-0.4, -0.2) is 24.7 Å². The van der Waals surface area contributed by atoms with Crippen LogP contribution in [0.3, 0.4) is 0 Å². The second kappa shape index (κ2) is 7.91. The second-order valence-electron chi connectivity index (χ2n) is 7.71. The van der Waals surface area contributed by atoms with Crippen molar-refractivity contribution in [1.29, 1.82) is 0 Å². The van der Waals surface area contributed by atoms with Crippen LogP contribution in [0.25, 0.3) is 11.1 Å². The van der Waals surface area contributed by atoms with Gasteiger partial charge in [0, 0.05) is 29.2 Å². The molecule has 0 spiro atoms. The molecule has 2 aliphatic rings. The number of para-hydroxylation sites is 1. The zero-order valence-electron chi connectivity index (χ0n) is 15.5. The number of amides is 1. The topological polar surface area (TPSA) is 50.4 Å². The summed E-state index contributed by atoms with van der Waals surface area (Å²) in [5, 5.41) is 7.26. The number of ether oxygens (including phenoxy) is 1. The summed E-state index contributed by atoms with van der Waals surface area (Å²) in [4.78, 5) is 12.5. The minimum Gasteiger partial charge on any atom is -0.409 e. The van der Waals surface area contributed by atoms with E-state index in [4.69, 9.17) is 16.3 Å². The van der Waals surface area contributed by atoms with Crippen LogP contribution in [0.15, 0.2) is 42.5 Å². The molecule has 2 saturated heterocycles. The zero-order chi connectivity index (χ0) is 18.8. The number of halogens is 1. The minimum atomic E-state index is -0.390.